The fraction of sp³-hybridized carbons (Fsp3) is 0.692. The van der Waals surface area contributed by atoms with Crippen LogP contribution in [-0.4, -0.2) is 58.7 Å². The molecule has 0 aliphatic heterocycles. The van der Waals surface area contributed by atoms with Crippen LogP contribution in [0.2, 0.25) is 6.04 Å². The van der Waals surface area contributed by atoms with Crippen LogP contribution in [0.25, 0.3) is 0 Å². The molecule has 0 heterocycles. The molecule has 0 unspecified atom stereocenters. The molecule has 0 saturated heterocycles. The third-order valence-corrected chi connectivity index (χ3v) is 6.51. The lowest BCUT2D eigenvalue weighted by Gasteiger charge is -2.25. The molecule has 2 N–H and O–H groups in total. The van der Waals surface area contributed by atoms with Crippen molar-refractivity contribution in [1.29, 1.82) is 0 Å². The maximum atomic E-state index is 5.46. The lowest BCUT2D eigenvalue weighted by Crippen LogP contribution is -2.45. The zero-order valence-electron chi connectivity index (χ0n) is 13.8. The van der Waals surface area contributed by atoms with Gasteiger partial charge in [0.25, 0.3) is 0 Å². The summed E-state index contributed by atoms with van der Waals surface area (Å²) in [5.74, 6) is 0. The van der Waals surface area contributed by atoms with Gasteiger partial charge in [-0.05, 0) is 19.5 Å². The van der Waals surface area contributed by atoms with Crippen LogP contribution in [0.3, 0.4) is 0 Å². The van der Waals surface area contributed by atoms with E-state index in [1.807, 2.05) is 19.9 Å². The highest BCUT2D eigenvalue weighted by Crippen LogP contribution is 2.10. The summed E-state index contributed by atoms with van der Waals surface area (Å²) in [6.45, 7) is 13.1. The quantitative estimate of drug-likeness (QED) is 0.428. The van der Waals surface area contributed by atoms with Gasteiger partial charge in [0.05, 0.1) is 6.61 Å². The lowest BCUT2D eigenvalue weighted by atomic mass is 10.8. The number of allylic oxidation sites excluding steroid dienone is 1. The van der Waals surface area contributed by atoms with E-state index in [0.29, 0.717) is 26.4 Å². The number of hydrogen-bond acceptors (Lipinski definition) is 6. The average Bonchev–Trinajstić information content (AvgIpc) is 2.51. The molecule has 0 rings (SSSR count). The summed E-state index contributed by atoms with van der Waals surface area (Å²) in [5, 5.41) is 0. The van der Waals surface area contributed by atoms with Crippen molar-refractivity contribution < 1.29 is 22.1 Å². The first kappa shape index (κ1) is 22.9. The zero-order valence-corrected chi connectivity index (χ0v) is 16.0. The molecule has 8 heteroatoms. The fourth-order valence-electron chi connectivity index (χ4n) is 1.33. The third-order valence-electron chi connectivity index (χ3n) is 2.25. The van der Waals surface area contributed by atoms with Crippen molar-refractivity contribution in [3.05, 3.63) is 24.9 Å². The monoisotopic (exact) mass is 337 g/mol. The van der Waals surface area contributed by atoms with Crippen LogP contribution >= 0.6 is 0 Å². The number of rotatable bonds is 12. The Labute approximate surface area is 132 Å². The molecule has 6 nitrogen and oxygen atoms in total. The molecule has 21 heavy (non-hydrogen) atoms. The van der Waals surface area contributed by atoms with Crippen LogP contribution in [0.4, 0.5) is 0 Å². The van der Waals surface area contributed by atoms with Gasteiger partial charge in [0, 0.05) is 40.0 Å². The molecule has 0 bridgehead atoms. The topological polar surface area (TPSA) is 72.2 Å². The van der Waals surface area contributed by atoms with E-state index < -0.39 is 18.1 Å². The minimum Gasteiger partial charge on any atom is -0.400 e. The van der Waals surface area contributed by atoms with Gasteiger partial charge >= 0.3 is 18.1 Å². The maximum Gasteiger partial charge on any atom is 0.529 e. The molecule has 0 aromatic carbocycles. The number of nitrogens with two attached hydrogens (primary N) is 1. The molecule has 0 saturated carbocycles. The van der Waals surface area contributed by atoms with E-state index in [2.05, 4.69) is 13.2 Å². The van der Waals surface area contributed by atoms with Gasteiger partial charge in [-0.3, -0.25) is 0 Å². The summed E-state index contributed by atoms with van der Waals surface area (Å²) in [7, 11) is -0.576. The van der Waals surface area contributed by atoms with Gasteiger partial charge in [0.2, 0.25) is 0 Å². The van der Waals surface area contributed by atoms with Gasteiger partial charge in [-0.15, -0.1) is 6.58 Å². The summed E-state index contributed by atoms with van der Waals surface area (Å²) < 4.78 is 26.3. The highest BCUT2D eigenvalue weighted by Gasteiger charge is 2.36. The molecule has 0 aromatic rings. The zero-order chi connectivity index (χ0) is 16.6. The van der Waals surface area contributed by atoms with Crippen molar-refractivity contribution >= 4 is 18.1 Å². The first-order valence-corrected chi connectivity index (χ1v) is 10.6. The highest BCUT2D eigenvalue weighted by molar-refractivity contribution is 6.66. The van der Waals surface area contributed by atoms with E-state index in [1.54, 1.807) is 19.9 Å². The molecule has 0 atom stereocenters. The predicted octanol–water partition coefficient (Wildman–Crippen LogP) is 1.38. The Kier molecular flexibility index (Phi) is 17.5. The van der Waals surface area contributed by atoms with Crippen LogP contribution in [0.5, 0.6) is 0 Å². The lowest BCUT2D eigenvalue weighted by molar-refractivity contribution is 0.0824. The Morgan fingerprint density at radius 1 is 1.05 bits per heavy atom. The summed E-state index contributed by atoms with van der Waals surface area (Å²) in [6, 6.07) is 0.882. The van der Waals surface area contributed by atoms with E-state index in [9.17, 15) is 0 Å². The minimum absolute atomic E-state index is 0.443. The first-order valence-electron chi connectivity index (χ1n) is 7.01. The van der Waals surface area contributed by atoms with E-state index in [1.165, 1.54) is 0 Å². The first-order chi connectivity index (χ1) is 10.1. The standard InChI is InChI=1S/C8H19NO3Si.C5H12O2Si/c1-4-10-13(6-3,11-5-2)12-8-7-9;1-4-5-8(6-2)7-3/h6H,3-5,7-9H2,1-2H3;4,8H,1,5H2,2-3H3. The Morgan fingerprint density at radius 3 is 1.81 bits per heavy atom. The fourth-order valence-corrected chi connectivity index (χ4v) is 3.99. The Hall–Kier alpha value is -0.326. The molecule has 0 fully saturated rings. The van der Waals surface area contributed by atoms with E-state index in [-0.39, 0.29) is 0 Å². The molecule has 126 valence electrons. The van der Waals surface area contributed by atoms with Crippen LogP contribution in [-0.2, 0) is 22.1 Å². The van der Waals surface area contributed by atoms with Crippen LogP contribution < -0.4 is 5.73 Å². The Morgan fingerprint density at radius 2 is 1.57 bits per heavy atom. The van der Waals surface area contributed by atoms with Gasteiger partial charge in [-0.25, -0.2) is 0 Å². The molecule has 0 aromatic heterocycles. The van der Waals surface area contributed by atoms with E-state index in [0.717, 1.165) is 6.04 Å². The third kappa shape index (κ3) is 12.0. The molecule has 0 aliphatic carbocycles. The molecule has 0 spiro atoms. The van der Waals surface area contributed by atoms with Gasteiger partial charge in [-0.2, -0.15) is 0 Å². The van der Waals surface area contributed by atoms with Crippen LogP contribution in [0.15, 0.2) is 24.9 Å². The Balaban J connectivity index is 0. The molecular formula is C13H31NO5Si2. The van der Waals surface area contributed by atoms with Gasteiger partial charge in [-0.1, -0.05) is 12.7 Å². The maximum absolute atomic E-state index is 5.46. The van der Waals surface area contributed by atoms with Crippen LogP contribution in [0.1, 0.15) is 13.8 Å². The molecule has 0 amide bonds. The smallest absolute Gasteiger partial charge is 0.400 e. The summed E-state index contributed by atoms with van der Waals surface area (Å²) in [4.78, 5) is 0. The second-order valence-electron chi connectivity index (χ2n) is 3.74. The second kappa shape index (κ2) is 16.1. The van der Waals surface area contributed by atoms with Crippen molar-refractivity contribution in [2.24, 2.45) is 5.73 Å². The summed E-state index contributed by atoms with van der Waals surface area (Å²) in [6.07, 6.45) is 1.82. The van der Waals surface area contributed by atoms with Gasteiger partial charge in [0.1, 0.15) is 0 Å². The molecular weight excluding hydrogens is 306 g/mol. The summed E-state index contributed by atoms with van der Waals surface area (Å²) in [5.41, 5.74) is 6.97. The predicted molar refractivity (Wildman–Crippen MR) is 90.4 cm³/mol. The highest BCUT2D eigenvalue weighted by atomic mass is 28.4. The number of hydrogen-bond donors (Lipinski definition) is 1. The Bertz CT molecular complexity index is 247. The van der Waals surface area contributed by atoms with E-state index >= 15 is 0 Å². The average molecular weight is 338 g/mol. The van der Waals surface area contributed by atoms with Crippen molar-refractivity contribution in [1.82, 2.24) is 0 Å². The van der Waals surface area contributed by atoms with Crippen LogP contribution in [0, 0.1) is 0 Å². The summed E-state index contributed by atoms with van der Waals surface area (Å²) >= 11 is 0. The second-order valence-corrected chi connectivity index (χ2v) is 8.49. The minimum atomic E-state index is -2.61. The van der Waals surface area contributed by atoms with Gasteiger partial charge in [0.15, 0.2) is 0 Å². The molecule has 0 aliphatic rings. The van der Waals surface area contributed by atoms with Crippen molar-refractivity contribution in [2.75, 3.05) is 40.6 Å². The van der Waals surface area contributed by atoms with Crippen molar-refractivity contribution in [3.8, 4) is 0 Å². The molecule has 0 radical (unpaired) electrons. The van der Waals surface area contributed by atoms with Crippen molar-refractivity contribution in [3.63, 3.8) is 0 Å². The largest absolute Gasteiger partial charge is 0.529 e. The van der Waals surface area contributed by atoms with E-state index in [4.69, 9.17) is 27.9 Å². The van der Waals surface area contributed by atoms with Crippen molar-refractivity contribution in [2.45, 2.75) is 19.9 Å². The SMILES string of the molecule is C=CC[SiH](OC)OC.C=C[Si](OCC)(OCC)OCCN. The van der Waals surface area contributed by atoms with Gasteiger partial charge < -0.3 is 27.9 Å². The normalized spacial score (nSPS) is 11.0.